The van der Waals surface area contributed by atoms with E-state index in [4.69, 9.17) is 0 Å². The summed E-state index contributed by atoms with van der Waals surface area (Å²) in [4.78, 5) is 28.6. The molecule has 1 aromatic carbocycles. The monoisotopic (exact) mass is 372 g/mol. The summed E-state index contributed by atoms with van der Waals surface area (Å²) in [5, 5.41) is 11.0. The van der Waals surface area contributed by atoms with E-state index in [1.54, 1.807) is 5.38 Å². The molecule has 6 nitrogen and oxygen atoms in total. The van der Waals surface area contributed by atoms with Gasteiger partial charge in [0.25, 0.3) is 0 Å². The quantitative estimate of drug-likeness (QED) is 0.742. The number of benzene rings is 1. The van der Waals surface area contributed by atoms with Gasteiger partial charge >= 0.3 is 6.03 Å². The van der Waals surface area contributed by atoms with Crippen LogP contribution in [-0.2, 0) is 11.2 Å². The lowest BCUT2D eigenvalue weighted by Crippen LogP contribution is -2.36. The lowest BCUT2D eigenvalue weighted by molar-refractivity contribution is -0.115. The van der Waals surface area contributed by atoms with Gasteiger partial charge in [-0.3, -0.25) is 10.1 Å². The second-order valence-corrected chi connectivity index (χ2v) is 7.57. The molecule has 0 spiro atoms. The fourth-order valence-corrected chi connectivity index (χ4v) is 3.90. The van der Waals surface area contributed by atoms with E-state index in [0.29, 0.717) is 10.8 Å². The van der Waals surface area contributed by atoms with Crippen LogP contribution in [0.5, 0.6) is 0 Å². The Kier molecular flexibility index (Phi) is 5.88. The first-order valence-corrected chi connectivity index (χ1v) is 9.77. The topological polar surface area (TPSA) is 83.1 Å². The third-order valence-corrected chi connectivity index (χ3v) is 5.36. The maximum atomic E-state index is 12.3. The maximum Gasteiger partial charge on any atom is 0.321 e. The molecule has 2 aromatic rings. The number of para-hydroxylation sites is 1. The van der Waals surface area contributed by atoms with Gasteiger partial charge in [-0.1, -0.05) is 31.0 Å². The Labute approximate surface area is 157 Å². The summed E-state index contributed by atoms with van der Waals surface area (Å²) >= 11 is 1.33. The third-order valence-electron chi connectivity index (χ3n) is 4.55. The molecule has 0 radical (unpaired) electrons. The highest BCUT2D eigenvalue weighted by Crippen LogP contribution is 2.21. The minimum Gasteiger partial charge on any atom is -0.335 e. The van der Waals surface area contributed by atoms with Crippen molar-refractivity contribution in [2.75, 3.05) is 10.6 Å². The molecule has 0 atom stereocenters. The molecular weight excluding hydrogens is 348 g/mol. The van der Waals surface area contributed by atoms with E-state index < -0.39 is 0 Å². The number of amides is 3. The van der Waals surface area contributed by atoms with Gasteiger partial charge in [-0.2, -0.15) is 0 Å². The summed E-state index contributed by atoms with van der Waals surface area (Å²) in [6.07, 6.45) is 4.59. The van der Waals surface area contributed by atoms with Crippen molar-refractivity contribution in [2.45, 2.75) is 52.0 Å². The summed E-state index contributed by atoms with van der Waals surface area (Å²) in [5.41, 5.74) is 3.56. The zero-order valence-electron chi connectivity index (χ0n) is 15.1. The molecule has 7 heteroatoms. The van der Waals surface area contributed by atoms with Crippen LogP contribution in [0, 0.1) is 13.8 Å². The van der Waals surface area contributed by atoms with Crippen LogP contribution in [0.25, 0.3) is 0 Å². The highest BCUT2D eigenvalue weighted by Gasteiger charge is 2.18. The van der Waals surface area contributed by atoms with E-state index in [-0.39, 0.29) is 24.4 Å². The Hall–Kier alpha value is -2.41. The van der Waals surface area contributed by atoms with E-state index in [1.165, 1.54) is 24.2 Å². The van der Waals surface area contributed by atoms with Gasteiger partial charge < -0.3 is 10.6 Å². The van der Waals surface area contributed by atoms with Gasteiger partial charge in [0.2, 0.25) is 5.91 Å². The maximum absolute atomic E-state index is 12.3. The molecule has 3 amide bonds. The number of aromatic nitrogens is 1. The highest BCUT2D eigenvalue weighted by atomic mass is 32.1. The zero-order valence-corrected chi connectivity index (χ0v) is 15.9. The summed E-state index contributed by atoms with van der Waals surface area (Å²) in [7, 11) is 0. The molecule has 0 unspecified atom stereocenters. The predicted molar refractivity (Wildman–Crippen MR) is 105 cm³/mol. The average Bonchev–Trinajstić information content (AvgIpc) is 3.23. The SMILES string of the molecule is Cc1cccc(C)c1NC(=O)Cc1csc(NC(=O)NC2CCCC2)n1. The number of nitrogens with one attached hydrogen (secondary N) is 3. The molecule has 1 fully saturated rings. The molecule has 3 N–H and O–H groups in total. The summed E-state index contributed by atoms with van der Waals surface area (Å²) in [6.45, 7) is 3.94. The Balaban J connectivity index is 1.52. The molecule has 1 aliphatic carbocycles. The number of hydrogen-bond donors (Lipinski definition) is 3. The van der Waals surface area contributed by atoms with Crippen LogP contribution < -0.4 is 16.0 Å². The first-order valence-electron chi connectivity index (χ1n) is 8.89. The van der Waals surface area contributed by atoms with Crippen molar-refractivity contribution in [3.63, 3.8) is 0 Å². The molecule has 0 bridgehead atoms. The van der Waals surface area contributed by atoms with Gasteiger partial charge in [0.05, 0.1) is 12.1 Å². The van der Waals surface area contributed by atoms with Gasteiger partial charge in [0.15, 0.2) is 5.13 Å². The summed E-state index contributed by atoms with van der Waals surface area (Å²) < 4.78 is 0. The molecule has 1 aromatic heterocycles. The Morgan fingerprint density at radius 2 is 1.85 bits per heavy atom. The highest BCUT2D eigenvalue weighted by molar-refractivity contribution is 7.13. The van der Waals surface area contributed by atoms with Crippen LogP contribution in [0.1, 0.15) is 42.5 Å². The van der Waals surface area contributed by atoms with E-state index >= 15 is 0 Å². The van der Waals surface area contributed by atoms with Crippen molar-refractivity contribution in [1.82, 2.24) is 10.3 Å². The summed E-state index contributed by atoms with van der Waals surface area (Å²) in [6, 6.07) is 5.94. The normalized spacial score (nSPS) is 14.2. The van der Waals surface area contributed by atoms with Crippen LogP contribution in [0.3, 0.4) is 0 Å². The second kappa shape index (κ2) is 8.31. The molecule has 1 heterocycles. The van der Waals surface area contributed by atoms with Crippen molar-refractivity contribution < 1.29 is 9.59 Å². The van der Waals surface area contributed by atoms with Crippen molar-refractivity contribution in [3.8, 4) is 0 Å². The second-order valence-electron chi connectivity index (χ2n) is 6.72. The number of carbonyl (C=O) groups is 2. The number of carbonyl (C=O) groups excluding carboxylic acids is 2. The van der Waals surface area contributed by atoms with Crippen LogP contribution in [-0.4, -0.2) is 23.0 Å². The fourth-order valence-electron chi connectivity index (χ4n) is 3.19. The van der Waals surface area contributed by atoms with E-state index in [9.17, 15) is 9.59 Å². The van der Waals surface area contributed by atoms with E-state index in [1.807, 2.05) is 32.0 Å². The van der Waals surface area contributed by atoms with Gasteiger partial charge in [0.1, 0.15) is 0 Å². The van der Waals surface area contributed by atoms with Crippen molar-refractivity contribution in [3.05, 3.63) is 40.4 Å². The van der Waals surface area contributed by atoms with E-state index in [2.05, 4.69) is 20.9 Å². The van der Waals surface area contributed by atoms with Crippen LogP contribution in [0.15, 0.2) is 23.6 Å². The van der Waals surface area contributed by atoms with Gasteiger partial charge in [-0.15, -0.1) is 11.3 Å². The minimum atomic E-state index is -0.224. The van der Waals surface area contributed by atoms with E-state index in [0.717, 1.165) is 29.7 Å². The van der Waals surface area contributed by atoms with Gasteiger partial charge in [-0.05, 0) is 37.8 Å². The van der Waals surface area contributed by atoms with Gasteiger partial charge in [0, 0.05) is 17.1 Å². The van der Waals surface area contributed by atoms with Crippen LogP contribution in [0.4, 0.5) is 15.6 Å². The number of aryl methyl sites for hydroxylation is 2. The standard InChI is InChI=1S/C19H24N4O2S/c1-12-6-5-7-13(2)17(12)22-16(24)10-15-11-26-19(21-15)23-18(25)20-14-8-3-4-9-14/h5-7,11,14H,3-4,8-10H2,1-2H3,(H,22,24)(H2,20,21,23,25). The first-order chi connectivity index (χ1) is 12.5. The molecule has 26 heavy (non-hydrogen) atoms. The third kappa shape index (κ3) is 4.82. The molecular formula is C19H24N4O2S. The van der Waals surface area contributed by atoms with Crippen LogP contribution >= 0.6 is 11.3 Å². The molecule has 0 saturated heterocycles. The number of thiazole rings is 1. The first kappa shape index (κ1) is 18.4. The largest absolute Gasteiger partial charge is 0.335 e. The lowest BCUT2D eigenvalue weighted by atomic mass is 10.1. The minimum absolute atomic E-state index is 0.116. The molecule has 1 aliphatic rings. The Morgan fingerprint density at radius 1 is 1.15 bits per heavy atom. The molecule has 0 aliphatic heterocycles. The van der Waals surface area contributed by atoms with Crippen molar-refractivity contribution >= 4 is 34.1 Å². The molecule has 3 rings (SSSR count). The zero-order chi connectivity index (χ0) is 18.5. The number of nitrogens with zero attached hydrogens (tertiary/aromatic N) is 1. The van der Waals surface area contributed by atoms with Crippen LogP contribution in [0.2, 0.25) is 0 Å². The Morgan fingerprint density at radius 3 is 2.54 bits per heavy atom. The predicted octanol–water partition coefficient (Wildman–Crippen LogP) is 4.01. The van der Waals surface area contributed by atoms with Crippen molar-refractivity contribution in [2.24, 2.45) is 0 Å². The van der Waals surface area contributed by atoms with Gasteiger partial charge in [-0.25, -0.2) is 9.78 Å². The number of hydrogen-bond acceptors (Lipinski definition) is 4. The fraction of sp³-hybridized carbons (Fsp3) is 0.421. The smallest absolute Gasteiger partial charge is 0.321 e. The number of urea groups is 1. The lowest BCUT2D eigenvalue weighted by Gasteiger charge is -2.11. The average molecular weight is 372 g/mol. The van der Waals surface area contributed by atoms with Crippen molar-refractivity contribution in [1.29, 1.82) is 0 Å². The number of rotatable bonds is 5. The number of anilines is 2. The molecule has 1 saturated carbocycles. The molecule has 138 valence electrons. The summed E-state index contributed by atoms with van der Waals surface area (Å²) in [5.74, 6) is -0.116. The Bertz CT molecular complexity index is 776.